The Balaban J connectivity index is 1.49. The molecule has 0 spiro atoms. The predicted molar refractivity (Wildman–Crippen MR) is 134 cm³/mol. The van der Waals surface area contributed by atoms with Crippen molar-refractivity contribution in [3.8, 4) is 11.5 Å². The highest BCUT2D eigenvalue weighted by Gasteiger charge is 2.50. The zero-order valence-electron chi connectivity index (χ0n) is 18.9. The van der Waals surface area contributed by atoms with Gasteiger partial charge in [0.1, 0.15) is 5.82 Å². The number of carbonyl (C=O) groups excluding carboxylic acids is 1. The van der Waals surface area contributed by atoms with Gasteiger partial charge in [0, 0.05) is 26.4 Å². The number of hydrogen-bond acceptors (Lipinski definition) is 4. The average Bonchev–Trinajstić information content (AvgIpc) is 3.13. The van der Waals surface area contributed by atoms with Crippen molar-refractivity contribution in [3.63, 3.8) is 0 Å². The minimum atomic E-state index is -0.502. The zero-order chi connectivity index (χ0) is 23.8. The molecule has 3 atom stereocenters. The molecule has 9 heteroatoms. The molecule has 2 aromatic rings. The monoisotopic (exact) mass is 583 g/mol. The number of benzene rings is 2. The number of fused-ring (bicyclic) bond motifs is 1. The summed E-state index contributed by atoms with van der Waals surface area (Å²) in [5.74, 6) is 0.955. The summed E-state index contributed by atoms with van der Waals surface area (Å²) in [6.45, 7) is 0.995. The van der Waals surface area contributed by atoms with Crippen LogP contribution in [0, 0.1) is 5.82 Å². The predicted octanol–water partition coefficient (Wildman–Crippen LogP) is 5.68. The molecule has 1 aliphatic carbocycles. The van der Waals surface area contributed by atoms with Gasteiger partial charge in [-0.1, -0.05) is 22.0 Å². The van der Waals surface area contributed by atoms with Gasteiger partial charge in [0.2, 0.25) is 0 Å². The van der Waals surface area contributed by atoms with Crippen LogP contribution in [0.1, 0.15) is 31.2 Å². The normalized spacial score (nSPS) is 24.8. The van der Waals surface area contributed by atoms with Crippen molar-refractivity contribution >= 4 is 43.6 Å². The highest BCUT2D eigenvalue weighted by Crippen LogP contribution is 2.49. The van der Waals surface area contributed by atoms with E-state index in [1.54, 1.807) is 20.3 Å². The molecule has 0 aromatic heterocycles. The smallest absolute Gasteiger partial charge is 0.319 e. The van der Waals surface area contributed by atoms with Crippen LogP contribution in [0.15, 0.2) is 39.3 Å². The molecule has 178 valence electrons. The topological polar surface area (TPSA) is 62.8 Å². The molecule has 1 heterocycles. The van der Waals surface area contributed by atoms with Crippen LogP contribution in [0.2, 0.25) is 0 Å². The van der Waals surface area contributed by atoms with Crippen LogP contribution in [-0.4, -0.2) is 50.8 Å². The number of anilines is 1. The third kappa shape index (κ3) is 4.72. The van der Waals surface area contributed by atoms with Gasteiger partial charge in [-0.15, -0.1) is 0 Å². The standard InChI is InChI=1S/C24H28Br2FN3O3/c1-30-9-8-24(14-4-5-19(32-2)20(10-14)33-3)7-6-16(13-21(24)30)28-23(31)29-22-17(26)11-15(25)12-18(22)27/h4-5,10-12,16,21H,6-9,13H2,1-3H3,(H2,28,29,31)/t16-,21+,24+/m1/s1. The van der Waals surface area contributed by atoms with Gasteiger partial charge in [-0.25, -0.2) is 9.18 Å². The minimum absolute atomic E-state index is 0.00102. The lowest BCUT2D eigenvalue weighted by Crippen LogP contribution is -2.52. The van der Waals surface area contributed by atoms with Gasteiger partial charge in [0.25, 0.3) is 0 Å². The second-order valence-corrected chi connectivity index (χ2v) is 10.6. The fourth-order valence-corrected chi connectivity index (χ4v) is 6.66. The van der Waals surface area contributed by atoms with Crippen LogP contribution in [0.3, 0.4) is 0 Å². The molecule has 2 aliphatic rings. The highest BCUT2D eigenvalue weighted by molar-refractivity contribution is 9.11. The summed E-state index contributed by atoms with van der Waals surface area (Å²) < 4.78 is 26.4. The van der Waals surface area contributed by atoms with E-state index >= 15 is 0 Å². The first kappa shape index (κ1) is 24.3. The Morgan fingerprint density at radius 1 is 1.15 bits per heavy atom. The lowest BCUT2D eigenvalue weighted by molar-refractivity contribution is 0.156. The molecule has 2 fully saturated rings. The summed E-state index contributed by atoms with van der Waals surface area (Å²) in [4.78, 5) is 15.1. The van der Waals surface area contributed by atoms with Crippen molar-refractivity contribution in [2.75, 3.05) is 33.1 Å². The quantitative estimate of drug-likeness (QED) is 0.474. The van der Waals surface area contributed by atoms with E-state index in [2.05, 4.69) is 66.6 Å². The van der Waals surface area contributed by atoms with Gasteiger partial charge in [-0.2, -0.15) is 0 Å². The third-order valence-corrected chi connectivity index (χ3v) is 8.15. The maximum atomic E-state index is 14.3. The summed E-state index contributed by atoms with van der Waals surface area (Å²) in [6, 6.07) is 9.12. The minimum Gasteiger partial charge on any atom is -0.493 e. The molecule has 2 aromatic carbocycles. The van der Waals surface area contributed by atoms with Gasteiger partial charge < -0.3 is 25.0 Å². The van der Waals surface area contributed by atoms with E-state index in [-0.39, 0.29) is 23.2 Å². The Morgan fingerprint density at radius 3 is 2.61 bits per heavy atom. The van der Waals surface area contributed by atoms with E-state index in [9.17, 15) is 9.18 Å². The van der Waals surface area contributed by atoms with Crippen molar-refractivity contribution in [1.29, 1.82) is 0 Å². The van der Waals surface area contributed by atoms with E-state index in [1.807, 2.05) is 6.07 Å². The molecular weight excluding hydrogens is 557 g/mol. The molecule has 0 bridgehead atoms. The van der Waals surface area contributed by atoms with Gasteiger partial charge in [-0.05, 0) is 85.0 Å². The maximum absolute atomic E-state index is 14.3. The third-order valence-electron chi connectivity index (χ3n) is 7.07. The SMILES string of the molecule is COc1ccc([C@@]23CC[C@@H](NC(=O)Nc4c(F)cc(Br)cc4Br)C[C@@H]2N(C)CC3)cc1OC. The number of halogens is 3. The molecule has 4 rings (SSSR count). The number of likely N-dealkylation sites (tertiary alicyclic amines) is 1. The summed E-state index contributed by atoms with van der Waals surface area (Å²) >= 11 is 6.56. The fraction of sp³-hybridized carbons (Fsp3) is 0.458. The molecule has 1 saturated heterocycles. The number of nitrogens with zero attached hydrogens (tertiary/aromatic N) is 1. The molecular formula is C24H28Br2FN3O3. The number of rotatable bonds is 5. The number of nitrogens with one attached hydrogen (secondary N) is 2. The fourth-order valence-electron chi connectivity index (χ4n) is 5.39. The first-order valence-electron chi connectivity index (χ1n) is 10.9. The number of carbonyl (C=O) groups is 1. The molecule has 33 heavy (non-hydrogen) atoms. The Labute approximate surface area is 210 Å². The Morgan fingerprint density at radius 2 is 1.91 bits per heavy atom. The van der Waals surface area contributed by atoms with Gasteiger partial charge in [0.15, 0.2) is 11.5 Å². The number of hydrogen-bond donors (Lipinski definition) is 2. The first-order valence-corrected chi connectivity index (χ1v) is 12.5. The number of methoxy groups -OCH3 is 2. The Bertz CT molecular complexity index is 1030. The number of ether oxygens (including phenoxy) is 2. The maximum Gasteiger partial charge on any atom is 0.319 e. The van der Waals surface area contributed by atoms with Crippen LogP contribution in [0.25, 0.3) is 0 Å². The molecule has 0 unspecified atom stereocenters. The molecule has 2 amide bonds. The van der Waals surface area contributed by atoms with Crippen molar-refractivity contribution in [2.24, 2.45) is 0 Å². The van der Waals surface area contributed by atoms with Crippen molar-refractivity contribution in [3.05, 3.63) is 50.7 Å². The average molecular weight is 585 g/mol. The van der Waals surface area contributed by atoms with Gasteiger partial charge in [-0.3, -0.25) is 0 Å². The second-order valence-electron chi connectivity index (χ2n) is 8.79. The molecule has 1 aliphatic heterocycles. The van der Waals surface area contributed by atoms with Gasteiger partial charge in [0.05, 0.1) is 19.9 Å². The van der Waals surface area contributed by atoms with Crippen molar-refractivity contribution in [2.45, 2.75) is 43.2 Å². The second kappa shape index (κ2) is 9.80. The Kier molecular flexibility index (Phi) is 7.21. The molecule has 2 N–H and O–H groups in total. The Hall–Kier alpha value is -1.84. The van der Waals surface area contributed by atoms with Crippen molar-refractivity contribution < 1.29 is 18.7 Å². The van der Waals surface area contributed by atoms with Crippen LogP contribution in [-0.2, 0) is 5.41 Å². The summed E-state index contributed by atoms with van der Waals surface area (Å²) in [6.07, 6.45) is 3.66. The van der Waals surface area contributed by atoms with E-state index < -0.39 is 11.8 Å². The molecule has 1 saturated carbocycles. The van der Waals surface area contributed by atoms with Crippen LogP contribution in [0.4, 0.5) is 14.9 Å². The van der Waals surface area contributed by atoms with E-state index in [4.69, 9.17) is 9.47 Å². The van der Waals surface area contributed by atoms with E-state index in [0.29, 0.717) is 8.95 Å². The summed E-state index contributed by atoms with van der Waals surface area (Å²) in [7, 11) is 5.44. The van der Waals surface area contributed by atoms with Crippen LogP contribution >= 0.6 is 31.9 Å². The summed E-state index contributed by atoms with van der Waals surface area (Å²) in [5.41, 5.74) is 1.38. The number of likely N-dealkylation sites (N-methyl/N-ethyl adjacent to an activating group) is 1. The van der Waals surface area contributed by atoms with Crippen LogP contribution in [0.5, 0.6) is 11.5 Å². The summed E-state index contributed by atoms with van der Waals surface area (Å²) in [5, 5.41) is 5.71. The molecule has 0 radical (unpaired) electrons. The van der Waals surface area contributed by atoms with Crippen LogP contribution < -0.4 is 20.1 Å². The highest BCUT2D eigenvalue weighted by atomic mass is 79.9. The lowest BCUT2D eigenvalue weighted by Gasteiger charge is -2.45. The van der Waals surface area contributed by atoms with Crippen molar-refractivity contribution in [1.82, 2.24) is 10.2 Å². The van der Waals surface area contributed by atoms with E-state index in [0.717, 1.165) is 43.7 Å². The molecule has 6 nitrogen and oxygen atoms in total. The number of urea groups is 1. The number of amides is 2. The van der Waals surface area contributed by atoms with Gasteiger partial charge >= 0.3 is 6.03 Å². The lowest BCUT2D eigenvalue weighted by atomic mass is 9.65. The largest absolute Gasteiger partial charge is 0.493 e. The first-order chi connectivity index (χ1) is 15.8. The zero-order valence-corrected chi connectivity index (χ0v) is 22.1. The van der Waals surface area contributed by atoms with E-state index in [1.165, 1.54) is 11.6 Å².